The second-order valence-electron chi connectivity index (χ2n) is 6.86. The molecule has 0 atom stereocenters. The smallest absolute Gasteiger partial charge is 0.239 e. The SMILES string of the molecule is Cc1cc(C)c(C)c(-c2c3nc(C(C)C)ccc3cc[n+]2C)c1. The maximum Gasteiger partial charge on any atom is 0.239 e. The molecule has 0 fully saturated rings. The lowest BCUT2D eigenvalue weighted by atomic mass is 9.96. The van der Waals surface area contributed by atoms with Crippen molar-refractivity contribution in [2.45, 2.75) is 40.5 Å². The van der Waals surface area contributed by atoms with Gasteiger partial charge in [-0.3, -0.25) is 0 Å². The molecule has 0 bridgehead atoms. The molecule has 0 amide bonds. The molecule has 118 valence electrons. The van der Waals surface area contributed by atoms with Crippen molar-refractivity contribution in [2.24, 2.45) is 7.05 Å². The summed E-state index contributed by atoms with van der Waals surface area (Å²) in [5.41, 5.74) is 8.67. The van der Waals surface area contributed by atoms with Crippen LogP contribution in [0, 0.1) is 20.8 Å². The van der Waals surface area contributed by atoms with Gasteiger partial charge < -0.3 is 0 Å². The Kier molecular flexibility index (Phi) is 3.93. The molecular formula is C21H25N2+. The molecule has 2 aromatic heterocycles. The Morgan fingerprint density at radius 3 is 2.43 bits per heavy atom. The summed E-state index contributed by atoms with van der Waals surface area (Å²) < 4.78 is 2.20. The first-order valence-electron chi connectivity index (χ1n) is 8.26. The van der Waals surface area contributed by atoms with Crippen molar-refractivity contribution in [2.75, 3.05) is 0 Å². The fourth-order valence-electron chi connectivity index (χ4n) is 3.17. The first-order valence-corrected chi connectivity index (χ1v) is 8.26. The summed E-state index contributed by atoms with van der Waals surface area (Å²) in [5.74, 6) is 0.429. The zero-order chi connectivity index (χ0) is 16.7. The Hall–Kier alpha value is -2.22. The van der Waals surface area contributed by atoms with Crippen LogP contribution in [0.15, 0.2) is 36.5 Å². The highest BCUT2D eigenvalue weighted by Gasteiger charge is 2.20. The summed E-state index contributed by atoms with van der Waals surface area (Å²) in [7, 11) is 2.11. The highest BCUT2D eigenvalue weighted by atomic mass is 14.9. The molecule has 1 aromatic carbocycles. The summed E-state index contributed by atoms with van der Waals surface area (Å²) in [5, 5.41) is 1.20. The van der Waals surface area contributed by atoms with Gasteiger partial charge in [0.05, 0.1) is 5.56 Å². The minimum absolute atomic E-state index is 0.429. The van der Waals surface area contributed by atoms with E-state index in [1.165, 1.54) is 33.3 Å². The zero-order valence-electron chi connectivity index (χ0n) is 14.9. The average molecular weight is 305 g/mol. The van der Waals surface area contributed by atoms with Crippen LogP contribution in [0.3, 0.4) is 0 Å². The average Bonchev–Trinajstić information content (AvgIpc) is 2.50. The topological polar surface area (TPSA) is 16.8 Å². The first-order chi connectivity index (χ1) is 10.9. The van der Waals surface area contributed by atoms with Gasteiger partial charge in [0.15, 0.2) is 6.20 Å². The Labute approximate surface area is 138 Å². The van der Waals surface area contributed by atoms with Gasteiger partial charge in [0.2, 0.25) is 5.69 Å². The molecule has 0 unspecified atom stereocenters. The summed E-state index contributed by atoms with van der Waals surface area (Å²) in [6.45, 7) is 10.9. The number of hydrogen-bond donors (Lipinski definition) is 0. The minimum atomic E-state index is 0.429. The lowest BCUT2D eigenvalue weighted by molar-refractivity contribution is -0.659. The minimum Gasteiger partial charge on any atom is -0.246 e. The molecule has 3 rings (SSSR count). The molecule has 0 saturated heterocycles. The second-order valence-corrected chi connectivity index (χ2v) is 6.86. The van der Waals surface area contributed by atoms with E-state index in [9.17, 15) is 0 Å². The number of rotatable bonds is 2. The number of benzene rings is 1. The third-order valence-corrected chi connectivity index (χ3v) is 4.66. The normalized spacial score (nSPS) is 11.4. The Bertz CT molecular complexity index is 892. The van der Waals surface area contributed by atoms with Crippen LogP contribution in [-0.2, 0) is 7.05 Å². The summed E-state index contributed by atoms with van der Waals surface area (Å²) in [6, 6.07) is 11.0. The fourth-order valence-corrected chi connectivity index (χ4v) is 3.17. The van der Waals surface area contributed by atoms with Gasteiger partial charge in [-0.05, 0) is 49.9 Å². The van der Waals surface area contributed by atoms with Gasteiger partial charge in [-0.2, -0.15) is 4.57 Å². The van der Waals surface area contributed by atoms with Gasteiger partial charge in [-0.1, -0.05) is 31.5 Å². The molecular weight excluding hydrogens is 280 g/mol. The maximum absolute atomic E-state index is 4.99. The molecule has 0 aliphatic heterocycles. The van der Waals surface area contributed by atoms with E-state index >= 15 is 0 Å². The standard InChI is InChI=1S/C21H25N2/c1-13(2)19-8-7-17-9-10-23(6)21(20(17)22-19)18-12-14(3)11-15(4)16(18)5/h7-13H,1-6H3/q+1. The zero-order valence-corrected chi connectivity index (χ0v) is 14.9. The van der Waals surface area contributed by atoms with Crippen LogP contribution in [0.25, 0.3) is 22.2 Å². The van der Waals surface area contributed by atoms with Crippen molar-refractivity contribution in [1.29, 1.82) is 0 Å². The van der Waals surface area contributed by atoms with Crippen LogP contribution in [0.2, 0.25) is 0 Å². The molecule has 3 aromatic rings. The van der Waals surface area contributed by atoms with Gasteiger partial charge in [-0.25, -0.2) is 4.98 Å². The molecule has 0 spiro atoms. The lowest BCUT2D eigenvalue weighted by Gasteiger charge is -2.12. The number of hydrogen-bond acceptors (Lipinski definition) is 1. The van der Waals surface area contributed by atoms with E-state index in [2.05, 4.69) is 82.8 Å². The van der Waals surface area contributed by atoms with E-state index in [1.807, 2.05) is 0 Å². The summed E-state index contributed by atoms with van der Waals surface area (Å²) in [6.07, 6.45) is 2.13. The lowest BCUT2D eigenvalue weighted by Crippen LogP contribution is -2.31. The summed E-state index contributed by atoms with van der Waals surface area (Å²) in [4.78, 5) is 4.99. The van der Waals surface area contributed by atoms with E-state index in [1.54, 1.807) is 0 Å². The highest BCUT2D eigenvalue weighted by Crippen LogP contribution is 2.30. The monoisotopic (exact) mass is 305 g/mol. The summed E-state index contributed by atoms with van der Waals surface area (Å²) >= 11 is 0. The third-order valence-electron chi connectivity index (χ3n) is 4.66. The van der Waals surface area contributed by atoms with Crippen LogP contribution in [0.5, 0.6) is 0 Å². The number of aromatic nitrogens is 2. The van der Waals surface area contributed by atoms with Crippen LogP contribution in [0.1, 0.15) is 42.1 Å². The van der Waals surface area contributed by atoms with Crippen molar-refractivity contribution in [1.82, 2.24) is 4.98 Å². The maximum atomic E-state index is 4.99. The number of fused-ring (bicyclic) bond motifs is 1. The van der Waals surface area contributed by atoms with Gasteiger partial charge in [0, 0.05) is 17.1 Å². The molecule has 0 radical (unpaired) electrons. The van der Waals surface area contributed by atoms with Crippen LogP contribution in [0.4, 0.5) is 0 Å². The molecule has 2 nitrogen and oxygen atoms in total. The van der Waals surface area contributed by atoms with E-state index in [0.717, 1.165) is 11.2 Å². The fraction of sp³-hybridized carbons (Fsp3) is 0.333. The predicted octanol–water partition coefficient (Wildman–Crippen LogP) is 4.77. The predicted molar refractivity (Wildman–Crippen MR) is 96.7 cm³/mol. The van der Waals surface area contributed by atoms with E-state index in [-0.39, 0.29) is 0 Å². The molecule has 2 heterocycles. The molecule has 2 heteroatoms. The van der Waals surface area contributed by atoms with Gasteiger partial charge in [-0.15, -0.1) is 0 Å². The van der Waals surface area contributed by atoms with E-state index in [0.29, 0.717) is 5.92 Å². The highest BCUT2D eigenvalue weighted by molar-refractivity contribution is 5.90. The van der Waals surface area contributed by atoms with Gasteiger partial charge >= 0.3 is 0 Å². The Morgan fingerprint density at radius 1 is 1.00 bits per heavy atom. The van der Waals surface area contributed by atoms with E-state index < -0.39 is 0 Å². The molecule has 0 aliphatic rings. The Morgan fingerprint density at radius 2 is 1.74 bits per heavy atom. The molecule has 0 N–H and O–H groups in total. The van der Waals surface area contributed by atoms with Crippen LogP contribution in [-0.4, -0.2) is 4.98 Å². The van der Waals surface area contributed by atoms with Crippen molar-refractivity contribution in [3.8, 4) is 11.3 Å². The number of nitrogens with zero attached hydrogens (tertiary/aromatic N) is 2. The number of aryl methyl sites for hydroxylation is 3. The van der Waals surface area contributed by atoms with Crippen LogP contribution < -0.4 is 4.57 Å². The first kappa shape index (κ1) is 15.7. The number of pyridine rings is 2. The quantitative estimate of drug-likeness (QED) is 0.623. The van der Waals surface area contributed by atoms with Gasteiger partial charge in [0.1, 0.15) is 12.6 Å². The molecule has 0 saturated carbocycles. The Balaban J connectivity index is 2.41. The third kappa shape index (κ3) is 2.74. The van der Waals surface area contributed by atoms with Crippen molar-refractivity contribution >= 4 is 10.9 Å². The second kappa shape index (κ2) is 5.77. The molecule has 0 aliphatic carbocycles. The van der Waals surface area contributed by atoms with E-state index in [4.69, 9.17) is 4.98 Å². The molecule has 23 heavy (non-hydrogen) atoms. The van der Waals surface area contributed by atoms with Gasteiger partial charge in [0.25, 0.3) is 0 Å². The van der Waals surface area contributed by atoms with Crippen molar-refractivity contribution in [3.63, 3.8) is 0 Å². The van der Waals surface area contributed by atoms with Crippen molar-refractivity contribution < 1.29 is 4.57 Å². The largest absolute Gasteiger partial charge is 0.246 e. The van der Waals surface area contributed by atoms with Crippen molar-refractivity contribution in [3.05, 3.63) is 58.9 Å². The van der Waals surface area contributed by atoms with Crippen LogP contribution >= 0.6 is 0 Å².